The van der Waals surface area contributed by atoms with E-state index < -0.39 is 0 Å². The first-order chi connectivity index (χ1) is 13.4. The average Bonchev–Trinajstić information content (AvgIpc) is 3.10. The molecule has 1 amide bonds. The molecule has 1 aromatic carbocycles. The largest absolute Gasteiger partial charge is 0.481 e. The van der Waals surface area contributed by atoms with Crippen LogP contribution < -0.4 is 0 Å². The molecule has 146 valence electrons. The van der Waals surface area contributed by atoms with E-state index >= 15 is 0 Å². The van der Waals surface area contributed by atoms with E-state index in [1.807, 2.05) is 43.3 Å². The van der Waals surface area contributed by atoms with Crippen LogP contribution in [0.5, 0.6) is 0 Å². The maximum atomic E-state index is 12.6. The number of nitrogens with zero attached hydrogens (tertiary/aromatic N) is 3. The highest BCUT2D eigenvalue weighted by atomic mass is 16.5. The van der Waals surface area contributed by atoms with Crippen molar-refractivity contribution in [3.8, 4) is 0 Å². The van der Waals surface area contributed by atoms with Gasteiger partial charge in [0.15, 0.2) is 0 Å². The zero-order valence-electron chi connectivity index (χ0n) is 16.7. The van der Waals surface area contributed by atoms with Crippen LogP contribution in [0, 0.1) is 0 Å². The summed E-state index contributed by atoms with van der Waals surface area (Å²) in [6.45, 7) is 2.47. The Morgan fingerprint density at radius 1 is 1.21 bits per heavy atom. The predicted octanol–water partition coefficient (Wildman–Crippen LogP) is 3.00. The van der Waals surface area contributed by atoms with Crippen molar-refractivity contribution in [2.45, 2.75) is 32.2 Å². The van der Waals surface area contributed by atoms with Crippen LogP contribution in [0.4, 0.5) is 0 Å². The van der Waals surface area contributed by atoms with Gasteiger partial charge in [-0.25, -0.2) is 9.98 Å². The molecule has 0 bridgehead atoms. The van der Waals surface area contributed by atoms with Crippen molar-refractivity contribution in [2.75, 3.05) is 21.2 Å². The van der Waals surface area contributed by atoms with Gasteiger partial charge in [0, 0.05) is 32.6 Å². The molecule has 28 heavy (non-hydrogen) atoms. The fourth-order valence-electron chi connectivity index (χ4n) is 3.40. The van der Waals surface area contributed by atoms with Crippen LogP contribution >= 0.6 is 0 Å². The Bertz CT molecular complexity index is 920. The molecule has 0 saturated carbocycles. The Kier molecular flexibility index (Phi) is 5.87. The zero-order chi connectivity index (χ0) is 20.3. The van der Waals surface area contributed by atoms with E-state index in [9.17, 15) is 9.59 Å². The minimum Gasteiger partial charge on any atom is -0.481 e. The van der Waals surface area contributed by atoms with Crippen molar-refractivity contribution in [3.63, 3.8) is 0 Å². The molecule has 1 atom stereocenters. The third kappa shape index (κ3) is 4.11. The Balaban J connectivity index is 1.82. The van der Waals surface area contributed by atoms with E-state index in [1.165, 1.54) is 12.0 Å². The zero-order valence-corrected chi connectivity index (χ0v) is 16.7. The SMILES string of the molecule is COC1=NCc2cc(CC(=O)C[C@H](C)c3ccccc3)nc(C(=O)N(C)C)c21. The van der Waals surface area contributed by atoms with E-state index in [2.05, 4.69) is 9.98 Å². The van der Waals surface area contributed by atoms with Crippen LogP contribution in [-0.2, 0) is 22.5 Å². The van der Waals surface area contributed by atoms with Gasteiger partial charge in [-0.2, -0.15) is 0 Å². The first kappa shape index (κ1) is 19.7. The van der Waals surface area contributed by atoms with Crippen molar-refractivity contribution < 1.29 is 14.3 Å². The molecule has 1 aliphatic rings. The van der Waals surface area contributed by atoms with Gasteiger partial charge in [-0.15, -0.1) is 0 Å². The first-order valence-corrected chi connectivity index (χ1v) is 9.30. The summed E-state index contributed by atoms with van der Waals surface area (Å²) in [5.41, 5.74) is 3.53. The molecule has 6 nitrogen and oxygen atoms in total. The smallest absolute Gasteiger partial charge is 0.272 e. The summed E-state index contributed by atoms with van der Waals surface area (Å²) in [5.74, 6) is 0.422. The molecular formula is C22H25N3O3. The summed E-state index contributed by atoms with van der Waals surface area (Å²) in [7, 11) is 4.88. The van der Waals surface area contributed by atoms with Crippen LogP contribution in [0.2, 0.25) is 0 Å². The van der Waals surface area contributed by atoms with E-state index in [1.54, 1.807) is 14.1 Å². The standard InChI is InChI=1S/C22H25N3O3/c1-14(15-8-6-5-7-9-15)10-18(26)12-17-11-16-13-23-21(28-4)19(16)20(24-17)22(27)25(2)3/h5-9,11,14H,10,12-13H2,1-4H3/t14-/m0/s1. The molecule has 3 rings (SSSR count). The second-order valence-electron chi connectivity index (χ2n) is 7.25. The van der Waals surface area contributed by atoms with Gasteiger partial charge in [-0.3, -0.25) is 9.59 Å². The van der Waals surface area contributed by atoms with Gasteiger partial charge < -0.3 is 9.64 Å². The highest BCUT2D eigenvalue weighted by Gasteiger charge is 2.28. The van der Waals surface area contributed by atoms with Gasteiger partial charge in [0.25, 0.3) is 5.91 Å². The summed E-state index contributed by atoms with van der Waals surface area (Å²) in [5, 5.41) is 0. The molecule has 6 heteroatoms. The molecule has 0 aliphatic carbocycles. The highest BCUT2D eigenvalue weighted by molar-refractivity contribution is 6.08. The van der Waals surface area contributed by atoms with Crippen LogP contribution in [0.3, 0.4) is 0 Å². The van der Waals surface area contributed by atoms with Crippen LogP contribution in [-0.4, -0.2) is 48.7 Å². The number of ketones is 1. The fraction of sp³-hybridized carbons (Fsp3) is 0.364. The summed E-state index contributed by atoms with van der Waals surface area (Å²) in [6.07, 6.45) is 0.625. The van der Waals surface area contributed by atoms with Gasteiger partial charge in [-0.05, 0) is 23.1 Å². The normalized spacial score (nSPS) is 13.5. The van der Waals surface area contributed by atoms with E-state index in [0.717, 1.165) is 11.1 Å². The van der Waals surface area contributed by atoms with E-state index in [0.29, 0.717) is 35.8 Å². The minimum absolute atomic E-state index is 0.0953. The van der Waals surface area contributed by atoms with Crippen LogP contribution in [0.1, 0.15) is 52.1 Å². The molecule has 2 aromatic rings. The van der Waals surface area contributed by atoms with Crippen molar-refractivity contribution in [2.24, 2.45) is 4.99 Å². The highest BCUT2D eigenvalue weighted by Crippen LogP contribution is 2.25. The molecule has 1 aliphatic heterocycles. The summed E-state index contributed by atoms with van der Waals surface area (Å²) in [4.78, 5) is 35.6. The van der Waals surface area contributed by atoms with E-state index in [-0.39, 0.29) is 24.0 Å². The average molecular weight is 379 g/mol. The number of carbonyl (C=O) groups is 2. The number of Topliss-reactive ketones (excluding diaryl/α,β-unsaturated/α-hetero) is 1. The minimum atomic E-state index is -0.227. The van der Waals surface area contributed by atoms with Gasteiger partial charge >= 0.3 is 0 Å². The fourth-order valence-corrected chi connectivity index (χ4v) is 3.40. The lowest BCUT2D eigenvalue weighted by Crippen LogP contribution is -2.26. The van der Waals surface area contributed by atoms with Crippen molar-refractivity contribution >= 4 is 17.6 Å². The Morgan fingerprint density at radius 2 is 1.93 bits per heavy atom. The monoisotopic (exact) mass is 379 g/mol. The molecule has 0 unspecified atom stereocenters. The third-order valence-corrected chi connectivity index (χ3v) is 4.84. The second kappa shape index (κ2) is 8.33. The Labute approximate surface area is 165 Å². The van der Waals surface area contributed by atoms with Crippen molar-refractivity contribution in [3.05, 3.63) is 64.5 Å². The molecule has 0 N–H and O–H groups in total. The number of aliphatic imine (C=N–C) groups is 1. The number of carbonyl (C=O) groups excluding carboxylic acids is 2. The van der Waals surface area contributed by atoms with Gasteiger partial charge in [-0.1, -0.05) is 37.3 Å². The Hall–Kier alpha value is -3.02. The van der Waals surface area contributed by atoms with Gasteiger partial charge in [0.1, 0.15) is 11.5 Å². The summed E-state index contributed by atoms with van der Waals surface area (Å²) < 4.78 is 5.30. The number of aromatic nitrogens is 1. The maximum Gasteiger partial charge on any atom is 0.272 e. The summed E-state index contributed by atoms with van der Waals surface area (Å²) >= 11 is 0. The predicted molar refractivity (Wildman–Crippen MR) is 108 cm³/mol. The maximum absolute atomic E-state index is 12.6. The Morgan fingerprint density at radius 3 is 2.57 bits per heavy atom. The molecule has 1 aromatic heterocycles. The topological polar surface area (TPSA) is 71.9 Å². The van der Waals surface area contributed by atoms with Gasteiger partial charge in [0.05, 0.1) is 19.2 Å². The lowest BCUT2D eigenvalue weighted by Gasteiger charge is -2.15. The van der Waals surface area contributed by atoms with E-state index in [4.69, 9.17) is 4.74 Å². The van der Waals surface area contributed by atoms with Crippen LogP contribution in [0.25, 0.3) is 0 Å². The quantitative estimate of drug-likeness (QED) is 0.773. The molecule has 2 heterocycles. The number of amides is 1. The summed E-state index contributed by atoms with van der Waals surface area (Å²) in [6, 6.07) is 11.8. The first-order valence-electron chi connectivity index (χ1n) is 9.30. The molecule has 0 radical (unpaired) electrons. The number of pyridine rings is 1. The number of ether oxygens (including phenoxy) is 1. The molecule has 0 fully saturated rings. The van der Waals surface area contributed by atoms with Gasteiger partial charge in [0.2, 0.25) is 5.90 Å². The number of hydrogen-bond donors (Lipinski definition) is 0. The molecule has 0 saturated heterocycles. The molecule has 0 spiro atoms. The van der Waals surface area contributed by atoms with Crippen molar-refractivity contribution in [1.29, 1.82) is 0 Å². The molecular weight excluding hydrogens is 354 g/mol. The van der Waals surface area contributed by atoms with Crippen molar-refractivity contribution in [1.82, 2.24) is 9.88 Å². The van der Waals surface area contributed by atoms with Crippen LogP contribution in [0.15, 0.2) is 41.4 Å². The number of benzene rings is 1. The number of methoxy groups -OCH3 is 1. The number of rotatable bonds is 6. The number of hydrogen-bond acceptors (Lipinski definition) is 5. The second-order valence-corrected chi connectivity index (χ2v) is 7.25. The lowest BCUT2D eigenvalue weighted by molar-refractivity contribution is -0.118. The third-order valence-electron chi connectivity index (χ3n) is 4.84. The number of fused-ring (bicyclic) bond motifs is 1. The lowest BCUT2D eigenvalue weighted by atomic mass is 9.94.